The lowest BCUT2D eigenvalue weighted by Crippen LogP contribution is -2.32. The summed E-state index contributed by atoms with van der Waals surface area (Å²) >= 11 is 0. The molecule has 0 bridgehead atoms. The van der Waals surface area contributed by atoms with Crippen LogP contribution in [0.2, 0.25) is 0 Å². The lowest BCUT2D eigenvalue weighted by Gasteiger charge is -2.28. The van der Waals surface area contributed by atoms with Gasteiger partial charge in [-0.05, 0) is 25.3 Å². The summed E-state index contributed by atoms with van der Waals surface area (Å²) in [7, 11) is 0. The van der Waals surface area contributed by atoms with E-state index in [1.807, 2.05) is 0 Å². The Bertz CT molecular complexity index is 157. The summed E-state index contributed by atoms with van der Waals surface area (Å²) in [6, 6.07) is 0. The molecular formula is C8H15N3. The van der Waals surface area contributed by atoms with Gasteiger partial charge in [-0.15, -0.1) is 0 Å². The molecule has 1 aliphatic heterocycles. The molecule has 0 aromatic carbocycles. The van der Waals surface area contributed by atoms with E-state index in [0.29, 0.717) is 0 Å². The van der Waals surface area contributed by atoms with Gasteiger partial charge in [-0.25, -0.2) is 0 Å². The second kappa shape index (κ2) is 4.01. The van der Waals surface area contributed by atoms with Crippen molar-refractivity contribution >= 4 is 6.21 Å². The maximum absolute atomic E-state index is 6.84. The first kappa shape index (κ1) is 8.11. The molecule has 0 amide bonds. The van der Waals surface area contributed by atoms with Crippen LogP contribution in [0.4, 0.5) is 0 Å². The molecule has 1 fully saturated rings. The molecule has 3 heteroatoms. The monoisotopic (exact) mass is 153 g/mol. The van der Waals surface area contributed by atoms with E-state index in [1.165, 1.54) is 25.5 Å². The van der Waals surface area contributed by atoms with E-state index in [0.717, 1.165) is 18.9 Å². The summed E-state index contributed by atoms with van der Waals surface area (Å²) in [4.78, 5) is 2.13. The van der Waals surface area contributed by atoms with Crippen LogP contribution in [0.1, 0.15) is 19.3 Å². The first-order valence-corrected chi connectivity index (χ1v) is 4.06. The van der Waals surface area contributed by atoms with Gasteiger partial charge in [-0.3, -0.25) is 0 Å². The molecule has 0 aromatic rings. The molecule has 0 radical (unpaired) electrons. The average molecular weight is 153 g/mol. The molecule has 3 N–H and O–H groups in total. The Labute approximate surface area is 67.4 Å². The fraction of sp³-hybridized carbons (Fsp3) is 0.625. The first-order valence-electron chi connectivity index (χ1n) is 4.06. The van der Waals surface area contributed by atoms with Crippen LogP contribution in [0.5, 0.6) is 0 Å². The standard InChI is InChI=1S/C8H15N3/c9-5-4-8(10)11-6-2-1-3-7-11/h4-5,9H,1-3,6-7,10H2/b8-4+,9-5?. The Morgan fingerprint density at radius 2 is 1.91 bits per heavy atom. The van der Waals surface area contributed by atoms with Crippen molar-refractivity contribution in [1.82, 2.24) is 4.90 Å². The molecule has 62 valence electrons. The van der Waals surface area contributed by atoms with E-state index in [1.54, 1.807) is 6.08 Å². The molecule has 1 aliphatic rings. The van der Waals surface area contributed by atoms with E-state index >= 15 is 0 Å². The van der Waals surface area contributed by atoms with Gasteiger partial charge in [0.1, 0.15) is 5.82 Å². The molecule has 0 unspecified atom stereocenters. The quantitative estimate of drug-likeness (QED) is 0.580. The van der Waals surface area contributed by atoms with Gasteiger partial charge < -0.3 is 16.0 Å². The zero-order chi connectivity index (χ0) is 8.10. The molecule has 0 atom stereocenters. The highest BCUT2D eigenvalue weighted by Crippen LogP contribution is 2.10. The molecule has 0 aliphatic carbocycles. The molecular weight excluding hydrogens is 138 g/mol. The largest absolute Gasteiger partial charge is 0.385 e. The highest BCUT2D eigenvalue weighted by Gasteiger charge is 2.09. The van der Waals surface area contributed by atoms with Crippen LogP contribution in [0.15, 0.2) is 11.9 Å². The maximum atomic E-state index is 6.84. The highest BCUT2D eigenvalue weighted by molar-refractivity contribution is 5.68. The zero-order valence-corrected chi connectivity index (χ0v) is 6.71. The summed E-state index contributed by atoms with van der Waals surface area (Å²) in [6.07, 6.45) is 6.66. The normalized spacial score (nSPS) is 20.0. The Hall–Kier alpha value is -0.990. The summed E-state index contributed by atoms with van der Waals surface area (Å²) in [5.74, 6) is 0.736. The van der Waals surface area contributed by atoms with Crippen LogP contribution in [0.3, 0.4) is 0 Å². The molecule has 1 rings (SSSR count). The summed E-state index contributed by atoms with van der Waals surface area (Å²) in [6.45, 7) is 2.10. The molecule has 3 nitrogen and oxygen atoms in total. The summed E-state index contributed by atoms with van der Waals surface area (Å²) in [5.41, 5.74) is 5.69. The van der Waals surface area contributed by atoms with E-state index in [-0.39, 0.29) is 0 Å². The van der Waals surface area contributed by atoms with E-state index < -0.39 is 0 Å². The smallest absolute Gasteiger partial charge is 0.100 e. The van der Waals surface area contributed by atoms with E-state index in [4.69, 9.17) is 11.1 Å². The number of nitrogens with two attached hydrogens (primary N) is 1. The van der Waals surface area contributed by atoms with Crippen molar-refractivity contribution in [2.45, 2.75) is 19.3 Å². The lowest BCUT2D eigenvalue weighted by atomic mass is 10.1. The van der Waals surface area contributed by atoms with Crippen molar-refractivity contribution < 1.29 is 0 Å². The molecule has 1 saturated heterocycles. The van der Waals surface area contributed by atoms with Crippen molar-refractivity contribution in [2.75, 3.05) is 13.1 Å². The van der Waals surface area contributed by atoms with Crippen LogP contribution in [-0.2, 0) is 0 Å². The van der Waals surface area contributed by atoms with Crippen molar-refractivity contribution in [3.63, 3.8) is 0 Å². The first-order chi connectivity index (χ1) is 5.34. The minimum absolute atomic E-state index is 0.736. The third-order valence-corrected chi connectivity index (χ3v) is 1.98. The van der Waals surface area contributed by atoms with Gasteiger partial charge in [-0.1, -0.05) is 0 Å². The lowest BCUT2D eigenvalue weighted by molar-refractivity contribution is 0.283. The van der Waals surface area contributed by atoms with Gasteiger partial charge in [0, 0.05) is 19.3 Å². The van der Waals surface area contributed by atoms with Crippen molar-refractivity contribution in [3.8, 4) is 0 Å². The predicted molar refractivity (Wildman–Crippen MR) is 46.5 cm³/mol. The third-order valence-electron chi connectivity index (χ3n) is 1.98. The van der Waals surface area contributed by atoms with E-state index in [2.05, 4.69) is 4.90 Å². The van der Waals surface area contributed by atoms with Crippen LogP contribution >= 0.6 is 0 Å². The van der Waals surface area contributed by atoms with Crippen LogP contribution < -0.4 is 5.73 Å². The number of nitrogens with zero attached hydrogens (tertiary/aromatic N) is 1. The minimum Gasteiger partial charge on any atom is -0.385 e. The summed E-state index contributed by atoms with van der Waals surface area (Å²) < 4.78 is 0. The number of hydrogen-bond acceptors (Lipinski definition) is 3. The molecule has 11 heavy (non-hydrogen) atoms. The second-order valence-electron chi connectivity index (χ2n) is 2.81. The number of nitrogens with one attached hydrogen (secondary N) is 1. The number of allylic oxidation sites excluding steroid dienone is 1. The number of hydrogen-bond donors (Lipinski definition) is 2. The minimum atomic E-state index is 0.736. The Kier molecular flexibility index (Phi) is 2.95. The van der Waals surface area contributed by atoms with Gasteiger partial charge in [0.25, 0.3) is 0 Å². The van der Waals surface area contributed by atoms with Crippen LogP contribution in [-0.4, -0.2) is 24.2 Å². The second-order valence-corrected chi connectivity index (χ2v) is 2.81. The van der Waals surface area contributed by atoms with Gasteiger partial charge in [0.15, 0.2) is 0 Å². The average Bonchev–Trinajstić information content (AvgIpc) is 2.07. The number of rotatable bonds is 2. The van der Waals surface area contributed by atoms with Gasteiger partial charge in [-0.2, -0.15) is 0 Å². The number of piperidine rings is 1. The van der Waals surface area contributed by atoms with Crippen molar-refractivity contribution in [1.29, 1.82) is 5.41 Å². The zero-order valence-electron chi connectivity index (χ0n) is 6.71. The predicted octanol–water partition coefficient (Wildman–Crippen LogP) is 0.922. The fourth-order valence-corrected chi connectivity index (χ4v) is 1.34. The highest BCUT2D eigenvalue weighted by atomic mass is 15.2. The van der Waals surface area contributed by atoms with Gasteiger partial charge >= 0.3 is 0 Å². The van der Waals surface area contributed by atoms with Crippen molar-refractivity contribution in [3.05, 3.63) is 11.9 Å². The molecule has 1 heterocycles. The Morgan fingerprint density at radius 1 is 1.27 bits per heavy atom. The third kappa shape index (κ3) is 2.26. The molecule has 0 saturated carbocycles. The Morgan fingerprint density at radius 3 is 2.45 bits per heavy atom. The van der Waals surface area contributed by atoms with Crippen LogP contribution in [0, 0.1) is 5.41 Å². The topological polar surface area (TPSA) is 53.1 Å². The summed E-state index contributed by atoms with van der Waals surface area (Å²) in [5, 5.41) is 6.84. The molecule has 0 spiro atoms. The van der Waals surface area contributed by atoms with E-state index in [9.17, 15) is 0 Å². The fourth-order valence-electron chi connectivity index (χ4n) is 1.34. The van der Waals surface area contributed by atoms with Gasteiger partial charge in [0.2, 0.25) is 0 Å². The Balaban J connectivity index is 2.44. The SMILES string of the molecule is N=C/C=C(\N)N1CCCCC1. The van der Waals surface area contributed by atoms with Crippen LogP contribution in [0.25, 0.3) is 0 Å². The number of likely N-dealkylation sites (tertiary alicyclic amines) is 1. The van der Waals surface area contributed by atoms with Crippen molar-refractivity contribution in [2.24, 2.45) is 5.73 Å². The molecule has 0 aromatic heterocycles. The van der Waals surface area contributed by atoms with Gasteiger partial charge in [0.05, 0.1) is 0 Å². The maximum Gasteiger partial charge on any atom is 0.100 e.